The molecule has 1 aromatic rings. The predicted octanol–water partition coefficient (Wildman–Crippen LogP) is 1.79. The van der Waals surface area contributed by atoms with E-state index in [0.717, 1.165) is 17.9 Å². The lowest BCUT2D eigenvalue weighted by Crippen LogP contribution is -2.35. The van der Waals surface area contributed by atoms with E-state index < -0.39 is 16.0 Å². The Morgan fingerprint density at radius 3 is 2.65 bits per heavy atom. The molecule has 1 aliphatic rings. The molecule has 2 rings (SSSR count). The van der Waals surface area contributed by atoms with Crippen LogP contribution in [0.2, 0.25) is 0 Å². The summed E-state index contributed by atoms with van der Waals surface area (Å²) >= 11 is 1.71. The van der Waals surface area contributed by atoms with Crippen molar-refractivity contribution in [1.82, 2.24) is 4.72 Å². The summed E-state index contributed by atoms with van der Waals surface area (Å²) in [6, 6.07) is 2.65. The zero-order valence-electron chi connectivity index (χ0n) is 11.3. The third-order valence-corrected chi connectivity index (χ3v) is 6.22. The number of nitrogens with one attached hydrogen (secondary N) is 1. The zero-order valence-corrected chi connectivity index (χ0v) is 13.0. The van der Waals surface area contributed by atoms with E-state index in [4.69, 9.17) is 5.11 Å². The normalized spacial score (nSPS) is 19.2. The van der Waals surface area contributed by atoms with Crippen molar-refractivity contribution in [2.75, 3.05) is 11.5 Å². The highest BCUT2D eigenvalue weighted by atomic mass is 32.2. The molecular weight excluding hydrogens is 298 g/mol. The first-order chi connectivity index (χ1) is 9.31. The minimum atomic E-state index is -3.68. The van der Waals surface area contributed by atoms with Crippen LogP contribution in [0.4, 0.5) is 0 Å². The number of sulfonamides is 1. The Morgan fingerprint density at radius 1 is 1.40 bits per heavy atom. The number of thioether (sulfide) groups is 1. The van der Waals surface area contributed by atoms with Crippen molar-refractivity contribution in [2.24, 2.45) is 0 Å². The minimum absolute atomic E-state index is 0.00530. The van der Waals surface area contributed by atoms with Crippen molar-refractivity contribution in [3.05, 3.63) is 28.8 Å². The van der Waals surface area contributed by atoms with Gasteiger partial charge in [-0.2, -0.15) is 11.8 Å². The molecule has 7 heteroatoms. The van der Waals surface area contributed by atoms with Gasteiger partial charge in [-0.3, -0.25) is 0 Å². The van der Waals surface area contributed by atoms with Crippen LogP contribution in [-0.2, 0) is 10.0 Å². The van der Waals surface area contributed by atoms with Gasteiger partial charge in [-0.15, -0.1) is 0 Å². The number of benzene rings is 1. The van der Waals surface area contributed by atoms with Crippen LogP contribution >= 0.6 is 11.8 Å². The highest BCUT2D eigenvalue weighted by Gasteiger charge is 2.26. The van der Waals surface area contributed by atoms with Crippen molar-refractivity contribution in [3.8, 4) is 0 Å². The van der Waals surface area contributed by atoms with E-state index in [9.17, 15) is 13.2 Å². The Hall–Kier alpha value is -1.05. The van der Waals surface area contributed by atoms with Gasteiger partial charge in [0.15, 0.2) is 0 Å². The van der Waals surface area contributed by atoms with Gasteiger partial charge in [0.05, 0.1) is 10.5 Å². The standard InChI is InChI=1S/C13H17NO4S2/c1-8-5-10(13(15)16)6-12(9(8)2)20(17,18)14-11-3-4-19-7-11/h5-6,11,14H,3-4,7H2,1-2H3,(H,15,16). The molecule has 0 bridgehead atoms. The van der Waals surface area contributed by atoms with Crippen LogP contribution in [0.1, 0.15) is 27.9 Å². The third-order valence-electron chi connectivity index (χ3n) is 3.41. The Kier molecular flexibility index (Phi) is 4.41. The van der Waals surface area contributed by atoms with E-state index in [2.05, 4.69) is 4.72 Å². The maximum Gasteiger partial charge on any atom is 0.335 e. The molecule has 20 heavy (non-hydrogen) atoms. The molecule has 1 aromatic carbocycles. The first-order valence-corrected chi connectivity index (χ1v) is 8.89. The Morgan fingerprint density at radius 2 is 2.10 bits per heavy atom. The van der Waals surface area contributed by atoms with Gasteiger partial charge < -0.3 is 5.11 Å². The van der Waals surface area contributed by atoms with Gasteiger partial charge in [-0.05, 0) is 49.3 Å². The van der Waals surface area contributed by atoms with Gasteiger partial charge >= 0.3 is 5.97 Å². The lowest BCUT2D eigenvalue weighted by atomic mass is 10.1. The number of rotatable bonds is 4. The SMILES string of the molecule is Cc1cc(C(=O)O)cc(S(=O)(=O)NC2CCSC2)c1C. The number of carboxylic acid groups (broad SMARTS) is 1. The lowest BCUT2D eigenvalue weighted by Gasteiger charge is -2.15. The van der Waals surface area contributed by atoms with Crippen molar-refractivity contribution in [1.29, 1.82) is 0 Å². The second-order valence-electron chi connectivity index (χ2n) is 4.90. The summed E-state index contributed by atoms with van der Waals surface area (Å²) in [5.41, 5.74) is 1.24. The highest BCUT2D eigenvalue weighted by molar-refractivity contribution is 7.99. The minimum Gasteiger partial charge on any atom is -0.478 e. The smallest absolute Gasteiger partial charge is 0.335 e. The van der Waals surface area contributed by atoms with Gasteiger partial charge in [0.25, 0.3) is 0 Å². The number of aromatic carboxylic acids is 1. The molecule has 0 aromatic heterocycles. The number of carboxylic acids is 1. The van der Waals surface area contributed by atoms with Gasteiger partial charge in [-0.1, -0.05) is 0 Å². The van der Waals surface area contributed by atoms with Crippen molar-refractivity contribution >= 4 is 27.8 Å². The van der Waals surface area contributed by atoms with Gasteiger partial charge in [-0.25, -0.2) is 17.9 Å². The molecule has 1 aliphatic heterocycles. The van der Waals surface area contributed by atoms with E-state index in [1.807, 2.05) is 0 Å². The van der Waals surface area contributed by atoms with Gasteiger partial charge in [0, 0.05) is 11.8 Å². The molecule has 1 atom stereocenters. The number of hydrogen-bond acceptors (Lipinski definition) is 4. The monoisotopic (exact) mass is 315 g/mol. The van der Waals surface area contributed by atoms with Crippen LogP contribution < -0.4 is 4.72 Å². The van der Waals surface area contributed by atoms with E-state index in [1.165, 1.54) is 12.1 Å². The first-order valence-electron chi connectivity index (χ1n) is 6.26. The lowest BCUT2D eigenvalue weighted by molar-refractivity contribution is 0.0696. The second kappa shape index (κ2) is 5.75. The largest absolute Gasteiger partial charge is 0.478 e. The molecule has 1 fully saturated rings. The molecule has 0 amide bonds. The zero-order chi connectivity index (χ0) is 14.9. The predicted molar refractivity (Wildman–Crippen MR) is 78.9 cm³/mol. The maximum atomic E-state index is 12.4. The molecule has 5 nitrogen and oxygen atoms in total. The third kappa shape index (κ3) is 3.16. The van der Waals surface area contributed by atoms with Crippen LogP contribution in [0.15, 0.2) is 17.0 Å². The van der Waals surface area contributed by atoms with Crippen LogP contribution in [0.5, 0.6) is 0 Å². The number of aryl methyl sites for hydroxylation is 1. The summed E-state index contributed by atoms with van der Waals surface area (Å²) in [7, 11) is -3.68. The van der Waals surface area contributed by atoms with Crippen LogP contribution in [-0.4, -0.2) is 37.0 Å². The molecule has 0 radical (unpaired) electrons. The van der Waals surface area contributed by atoms with E-state index in [1.54, 1.807) is 25.6 Å². The summed E-state index contributed by atoms with van der Waals surface area (Å²) in [5, 5.41) is 9.06. The summed E-state index contributed by atoms with van der Waals surface area (Å²) in [4.78, 5) is 11.1. The summed E-state index contributed by atoms with van der Waals surface area (Å²) in [6.07, 6.45) is 0.806. The van der Waals surface area contributed by atoms with Gasteiger partial charge in [0.2, 0.25) is 10.0 Å². The van der Waals surface area contributed by atoms with Crippen LogP contribution in [0, 0.1) is 13.8 Å². The number of carbonyl (C=O) groups is 1. The molecule has 0 spiro atoms. The molecular formula is C13H17NO4S2. The van der Waals surface area contributed by atoms with Crippen LogP contribution in [0.3, 0.4) is 0 Å². The van der Waals surface area contributed by atoms with Crippen LogP contribution in [0.25, 0.3) is 0 Å². The summed E-state index contributed by atoms with van der Waals surface area (Å²) < 4.78 is 27.5. The van der Waals surface area contributed by atoms with Crippen molar-refractivity contribution in [3.63, 3.8) is 0 Å². The fraction of sp³-hybridized carbons (Fsp3) is 0.462. The van der Waals surface area contributed by atoms with Gasteiger partial charge in [0.1, 0.15) is 0 Å². The average molecular weight is 315 g/mol. The average Bonchev–Trinajstić information content (AvgIpc) is 2.83. The summed E-state index contributed by atoms with van der Waals surface area (Å²) in [5.74, 6) is 0.581. The first kappa shape index (κ1) is 15.3. The maximum absolute atomic E-state index is 12.4. The molecule has 2 N–H and O–H groups in total. The summed E-state index contributed by atoms with van der Waals surface area (Å²) in [6.45, 7) is 3.41. The molecule has 1 saturated heterocycles. The molecule has 1 unspecified atom stereocenters. The molecule has 110 valence electrons. The van der Waals surface area contributed by atoms with E-state index >= 15 is 0 Å². The highest BCUT2D eigenvalue weighted by Crippen LogP contribution is 2.24. The second-order valence-corrected chi connectivity index (χ2v) is 7.74. The molecule has 1 heterocycles. The Bertz CT molecular complexity index is 634. The Labute approximate surface area is 122 Å². The molecule has 0 aliphatic carbocycles. The fourth-order valence-electron chi connectivity index (χ4n) is 2.14. The quantitative estimate of drug-likeness (QED) is 0.885. The Balaban J connectivity index is 2.41. The van der Waals surface area contributed by atoms with Crippen molar-refractivity contribution in [2.45, 2.75) is 31.2 Å². The fourth-order valence-corrected chi connectivity index (χ4v) is 5.01. The van der Waals surface area contributed by atoms with E-state index in [0.29, 0.717) is 11.1 Å². The van der Waals surface area contributed by atoms with E-state index in [-0.39, 0.29) is 16.5 Å². The van der Waals surface area contributed by atoms with Crippen molar-refractivity contribution < 1.29 is 18.3 Å². The topological polar surface area (TPSA) is 83.5 Å². The molecule has 0 saturated carbocycles. The number of hydrogen-bond donors (Lipinski definition) is 2.